The van der Waals surface area contributed by atoms with Crippen molar-refractivity contribution in [2.45, 2.75) is 19.9 Å². The smallest absolute Gasteiger partial charge is 0.234 e. The minimum absolute atomic E-state index is 0.0372. The average molecular weight is 246 g/mol. The molecule has 1 atom stereocenters. The van der Waals surface area contributed by atoms with Crippen LogP contribution in [0.4, 0.5) is 0 Å². The third-order valence-electron chi connectivity index (χ3n) is 2.99. The van der Waals surface area contributed by atoms with Crippen molar-refractivity contribution in [3.8, 4) is 0 Å². The zero-order chi connectivity index (χ0) is 13.1. The average Bonchev–Trinajstić information content (AvgIpc) is 2.68. The summed E-state index contributed by atoms with van der Waals surface area (Å²) in [4.78, 5) is 11.5. The molecular formula is C14H18N2O2. The van der Waals surface area contributed by atoms with Gasteiger partial charge in [0.1, 0.15) is 11.3 Å². The molecular weight excluding hydrogens is 228 g/mol. The summed E-state index contributed by atoms with van der Waals surface area (Å²) >= 11 is 0. The van der Waals surface area contributed by atoms with E-state index in [9.17, 15) is 4.79 Å². The van der Waals surface area contributed by atoms with Gasteiger partial charge in [-0.25, -0.2) is 0 Å². The van der Waals surface area contributed by atoms with Crippen molar-refractivity contribution in [1.82, 2.24) is 10.6 Å². The summed E-state index contributed by atoms with van der Waals surface area (Å²) in [5.74, 6) is 0.783. The number of hydrogen-bond acceptors (Lipinski definition) is 3. The summed E-state index contributed by atoms with van der Waals surface area (Å²) in [6, 6.07) is 7.77. The molecule has 0 radical (unpaired) electrons. The summed E-state index contributed by atoms with van der Waals surface area (Å²) in [6.07, 6.45) is 0. The summed E-state index contributed by atoms with van der Waals surface area (Å²) in [7, 11) is 1.75. The zero-order valence-electron chi connectivity index (χ0n) is 10.9. The molecule has 4 nitrogen and oxygen atoms in total. The van der Waals surface area contributed by atoms with Crippen molar-refractivity contribution in [2.24, 2.45) is 0 Å². The minimum Gasteiger partial charge on any atom is -0.459 e. The Morgan fingerprint density at radius 3 is 2.78 bits per heavy atom. The molecule has 1 unspecified atom stereocenters. The van der Waals surface area contributed by atoms with Gasteiger partial charge in [0, 0.05) is 10.9 Å². The molecule has 1 aromatic heterocycles. The largest absolute Gasteiger partial charge is 0.459 e. The lowest BCUT2D eigenvalue weighted by atomic mass is 10.1. The van der Waals surface area contributed by atoms with Gasteiger partial charge >= 0.3 is 0 Å². The number of rotatable bonds is 4. The van der Waals surface area contributed by atoms with E-state index in [1.165, 1.54) is 0 Å². The number of aryl methyl sites for hydroxylation is 1. The van der Waals surface area contributed by atoms with Gasteiger partial charge in [-0.15, -0.1) is 0 Å². The Morgan fingerprint density at radius 1 is 1.39 bits per heavy atom. The first-order valence-corrected chi connectivity index (χ1v) is 6.05. The van der Waals surface area contributed by atoms with Gasteiger partial charge in [-0.05, 0) is 27.0 Å². The van der Waals surface area contributed by atoms with E-state index in [-0.39, 0.29) is 11.9 Å². The third kappa shape index (κ3) is 2.38. The fraction of sp³-hybridized carbons (Fsp3) is 0.357. The quantitative estimate of drug-likeness (QED) is 0.869. The van der Waals surface area contributed by atoms with Gasteiger partial charge in [0.2, 0.25) is 5.91 Å². The van der Waals surface area contributed by atoms with Gasteiger partial charge < -0.3 is 15.1 Å². The highest BCUT2D eigenvalue weighted by Gasteiger charge is 2.17. The molecule has 0 aliphatic heterocycles. The SMILES string of the molecule is CNCC(=O)NC(C)c1oc2ccccc2c1C. The number of para-hydroxylation sites is 1. The van der Waals surface area contributed by atoms with Crippen LogP contribution in [0.2, 0.25) is 0 Å². The van der Waals surface area contributed by atoms with E-state index < -0.39 is 0 Å². The molecule has 0 fully saturated rings. The van der Waals surface area contributed by atoms with Crippen molar-refractivity contribution in [3.63, 3.8) is 0 Å². The predicted octanol–water partition coefficient (Wildman–Crippen LogP) is 2.14. The van der Waals surface area contributed by atoms with Gasteiger partial charge in [-0.3, -0.25) is 4.79 Å². The van der Waals surface area contributed by atoms with Crippen LogP contribution in [0.1, 0.15) is 24.3 Å². The maximum atomic E-state index is 11.5. The summed E-state index contributed by atoms with van der Waals surface area (Å²) in [6.45, 7) is 4.25. The van der Waals surface area contributed by atoms with Gasteiger partial charge in [0.25, 0.3) is 0 Å². The summed E-state index contributed by atoms with van der Waals surface area (Å²) < 4.78 is 5.80. The monoisotopic (exact) mass is 246 g/mol. The highest BCUT2D eigenvalue weighted by molar-refractivity contribution is 5.83. The molecule has 4 heteroatoms. The van der Waals surface area contributed by atoms with Crippen LogP contribution >= 0.6 is 0 Å². The van der Waals surface area contributed by atoms with E-state index in [1.54, 1.807) is 7.05 Å². The van der Waals surface area contributed by atoms with E-state index in [2.05, 4.69) is 10.6 Å². The Bertz CT molecular complexity index is 560. The second-order valence-corrected chi connectivity index (χ2v) is 4.41. The number of carbonyl (C=O) groups excluding carboxylic acids is 1. The van der Waals surface area contributed by atoms with Crippen LogP contribution in [0.25, 0.3) is 11.0 Å². The molecule has 2 aromatic rings. The molecule has 1 aromatic carbocycles. The molecule has 1 amide bonds. The van der Waals surface area contributed by atoms with Crippen molar-refractivity contribution in [1.29, 1.82) is 0 Å². The molecule has 0 saturated carbocycles. The first kappa shape index (κ1) is 12.6. The Kier molecular flexibility index (Phi) is 3.67. The van der Waals surface area contributed by atoms with Gasteiger partial charge in [0.15, 0.2) is 0 Å². The number of hydrogen-bond donors (Lipinski definition) is 2. The number of carbonyl (C=O) groups is 1. The number of likely N-dealkylation sites (N-methyl/N-ethyl adjacent to an activating group) is 1. The predicted molar refractivity (Wildman–Crippen MR) is 71.4 cm³/mol. The Labute approximate surface area is 106 Å². The Morgan fingerprint density at radius 2 is 2.11 bits per heavy atom. The van der Waals surface area contributed by atoms with Gasteiger partial charge in [-0.2, -0.15) is 0 Å². The van der Waals surface area contributed by atoms with Crippen molar-refractivity contribution in [2.75, 3.05) is 13.6 Å². The lowest BCUT2D eigenvalue weighted by Gasteiger charge is -2.12. The number of benzene rings is 1. The normalized spacial score (nSPS) is 12.6. The van der Waals surface area contributed by atoms with Crippen molar-refractivity contribution in [3.05, 3.63) is 35.6 Å². The molecule has 96 valence electrons. The molecule has 0 spiro atoms. The molecule has 0 aliphatic rings. The highest BCUT2D eigenvalue weighted by atomic mass is 16.3. The van der Waals surface area contributed by atoms with E-state index in [4.69, 9.17) is 4.42 Å². The lowest BCUT2D eigenvalue weighted by molar-refractivity contribution is -0.120. The standard InChI is InChI=1S/C14H18N2O2/c1-9-11-6-4-5-7-12(11)18-14(9)10(2)16-13(17)8-15-3/h4-7,10,15H,8H2,1-3H3,(H,16,17). The van der Waals surface area contributed by atoms with Crippen LogP contribution in [-0.4, -0.2) is 19.5 Å². The number of nitrogens with one attached hydrogen (secondary N) is 2. The van der Waals surface area contributed by atoms with Crippen LogP contribution in [0.15, 0.2) is 28.7 Å². The van der Waals surface area contributed by atoms with E-state index in [0.29, 0.717) is 6.54 Å². The minimum atomic E-state index is -0.127. The highest BCUT2D eigenvalue weighted by Crippen LogP contribution is 2.28. The fourth-order valence-electron chi connectivity index (χ4n) is 2.12. The Hall–Kier alpha value is -1.81. The number of furan rings is 1. The topological polar surface area (TPSA) is 54.3 Å². The maximum absolute atomic E-state index is 11.5. The summed E-state index contributed by atoms with van der Waals surface area (Å²) in [5.41, 5.74) is 1.95. The van der Waals surface area contributed by atoms with Crippen molar-refractivity contribution >= 4 is 16.9 Å². The molecule has 2 N–H and O–H groups in total. The second-order valence-electron chi connectivity index (χ2n) is 4.41. The van der Waals surface area contributed by atoms with E-state index in [0.717, 1.165) is 22.3 Å². The van der Waals surface area contributed by atoms with Crippen LogP contribution < -0.4 is 10.6 Å². The van der Waals surface area contributed by atoms with Crippen LogP contribution in [0.3, 0.4) is 0 Å². The van der Waals surface area contributed by atoms with Crippen LogP contribution in [0, 0.1) is 6.92 Å². The molecule has 18 heavy (non-hydrogen) atoms. The molecule has 0 saturated heterocycles. The van der Waals surface area contributed by atoms with Gasteiger partial charge in [-0.1, -0.05) is 18.2 Å². The number of fused-ring (bicyclic) bond motifs is 1. The molecule has 0 aliphatic carbocycles. The molecule has 1 heterocycles. The lowest BCUT2D eigenvalue weighted by Crippen LogP contribution is -2.34. The first-order valence-electron chi connectivity index (χ1n) is 6.05. The van der Waals surface area contributed by atoms with Crippen LogP contribution in [0.5, 0.6) is 0 Å². The second kappa shape index (κ2) is 5.23. The van der Waals surface area contributed by atoms with Crippen molar-refractivity contribution < 1.29 is 9.21 Å². The maximum Gasteiger partial charge on any atom is 0.234 e. The van der Waals surface area contributed by atoms with Crippen LogP contribution in [-0.2, 0) is 4.79 Å². The zero-order valence-corrected chi connectivity index (χ0v) is 10.9. The van der Waals surface area contributed by atoms with E-state index >= 15 is 0 Å². The fourth-order valence-corrected chi connectivity index (χ4v) is 2.12. The van der Waals surface area contributed by atoms with E-state index in [1.807, 2.05) is 38.1 Å². The summed E-state index contributed by atoms with van der Waals surface area (Å²) in [5, 5.41) is 6.83. The Balaban J connectivity index is 2.25. The third-order valence-corrected chi connectivity index (χ3v) is 2.99. The van der Waals surface area contributed by atoms with Gasteiger partial charge in [0.05, 0.1) is 12.6 Å². The first-order chi connectivity index (χ1) is 8.63. The number of amides is 1. The molecule has 2 rings (SSSR count). The molecule has 0 bridgehead atoms.